The monoisotopic (exact) mass is 397 g/mol. The molecule has 152 valence electrons. The molecule has 4 amide bonds. The molecule has 0 aliphatic carbocycles. The molecule has 1 saturated heterocycles. The van der Waals surface area contributed by atoms with E-state index >= 15 is 0 Å². The smallest absolute Gasteiger partial charge is 0.328 e. The van der Waals surface area contributed by atoms with Crippen molar-refractivity contribution in [3.63, 3.8) is 0 Å². The van der Waals surface area contributed by atoms with Crippen molar-refractivity contribution >= 4 is 29.2 Å². The number of nitrogens with one attached hydrogen (secondary N) is 2. The highest BCUT2D eigenvalue weighted by Gasteiger charge is 2.39. The van der Waals surface area contributed by atoms with E-state index in [0.717, 1.165) is 16.0 Å². The summed E-state index contributed by atoms with van der Waals surface area (Å²) in [7, 11) is 3.00. The van der Waals surface area contributed by atoms with Gasteiger partial charge in [-0.3, -0.25) is 9.59 Å². The van der Waals surface area contributed by atoms with Gasteiger partial charge in [0, 0.05) is 30.4 Å². The third kappa shape index (κ3) is 4.16. The number of urea groups is 1. The van der Waals surface area contributed by atoms with E-state index in [-0.39, 0.29) is 6.54 Å². The molecule has 1 aliphatic heterocycles. The Kier molecular flexibility index (Phi) is 5.72. The minimum atomic E-state index is -1.06. The van der Waals surface area contributed by atoms with Crippen LogP contribution in [0.5, 0.6) is 11.5 Å². The zero-order valence-electron chi connectivity index (χ0n) is 16.7. The highest BCUT2D eigenvalue weighted by molar-refractivity contribution is 6.23. The third-order valence-corrected chi connectivity index (χ3v) is 4.86. The molecular weight excluding hydrogens is 374 g/mol. The van der Waals surface area contributed by atoms with Gasteiger partial charge in [0.05, 0.1) is 19.9 Å². The molecule has 1 aliphatic rings. The molecular formula is C21H23N3O5. The van der Waals surface area contributed by atoms with Gasteiger partial charge in [0.2, 0.25) is 11.8 Å². The fourth-order valence-corrected chi connectivity index (χ4v) is 3.03. The van der Waals surface area contributed by atoms with Crippen LogP contribution in [0.4, 0.5) is 16.2 Å². The maximum Gasteiger partial charge on any atom is 0.328 e. The summed E-state index contributed by atoms with van der Waals surface area (Å²) in [5, 5.41) is 5.31. The van der Waals surface area contributed by atoms with E-state index in [1.807, 2.05) is 19.9 Å². The first kappa shape index (κ1) is 20.2. The predicted molar refractivity (Wildman–Crippen MR) is 108 cm³/mol. The van der Waals surface area contributed by atoms with E-state index in [9.17, 15) is 14.4 Å². The number of imide groups is 1. The van der Waals surface area contributed by atoms with Gasteiger partial charge < -0.3 is 20.1 Å². The highest BCUT2D eigenvalue weighted by Crippen LogP contribution is 2.27. The number of nitrogens with zero attached hydrogens (tertiary/aromatic N) is 1. The highest BCUT2D eigenvalue weighted by atomic mass is 16.5. The molecule has 2 aromatic carbocycles. The molecule has 1 fully saturated rings. The molecule has 8 heteroatoms. The number of amides is 4. The standard InChI is InChI=1S/C21H23N3O5/c1-12-5-6-15(7-13(12)2)24-20(26)18(11-22-21(24)27)19(25)23-14-8-16(28-3)10-17(9-14)29-4/h5-10,18H,11H2,1-4H3,(H,22,27)(H,23,25). The summed E-state index contributed by atoms with van der Waals surface area (Å²) < 4.78 is 10.4. The maximum absolute atomic E-state index is 13.0. The number of rotatable bonds is 5. The molecule has 0 saturated carbocycles. The van der Waals surface area contributed by atoms with Gasteiger partial charge in [0.15, 0.2) is 0 Å². The summed E-state index contributed by atoms with van der Waals surface area (Å²) in [5.41, 5.74) is 2.84. The second kappa shape index (κ2) is 8.22. The Bertz CT molecular complexity index is 951. The number of carbonyl (C=O) groups is 3. The minimum Gasteiger partial charge on any atom is -0.497 e. The second-order valence-corrected chi connectivity index (χ2v) is 6.77. The van der Waals surface area contributed by atoms with Crippen molar-refractivity contribution in [3.8, 4) is 11.5 Å². The van der Waals surface area contributed by atoms with Gasteiger partial charge in [-0.25, -0.2) is 9.69 Å². The number of benzene rings is 2. The number of carbonyl (C=O) groups excluding carboxylic acids is 3. The first-order valence-electron chi connectivity index (χ1n) is 9.07. The molecule has 2 aromatic rings. The lowest BCUT2D eigenvalue weighted by Crippen LogP contribution is -2.58. The van der Waals surface area contributed by atoms with Crippen LogP contribution in [-0.2, 0) is 9.59 Å². The zero-order valence-corrected chi connectivity index (χ0v) is 16.7. The van der Waals surface area contributed by atoms with Crippen LogP contribution < -0.4 is 25.0 Å². The molecule has 0 spiro atoms. The summed E-state index contributed by atoms with van der Waals surface area (Å²) in [6, 6.07) is 9.62. The first-order valence-corrected chi connectivity index (χ1v) is 9.07. The summed E-state index contributed by atoms with van der Waals surface area (Å²) in [5.74, 6) is -1.17. The van der Waals surface area contributed by atoms with Crippen molar-refractivity contribution < 1.29 is 23.9 Å². The van der Waals surface area contributed by atoms with Crippen LogP contribution in [0.1, 0.15) is 11.1 Å². The van der Waals surface area contributed by atoms with Crippen molar-refractivity contribution in [3.05, 3.63) is 47.5 Å². The molecule has 0 radical (unpaired) electrons. The molecule has 8 nitrogen and oxygen atoms in total. The number of hydrogen-bond acceptors (Lipinski definition) is 5. The molecule has 0 aromatic heterocycles. The van der Waals surface area contributed by atoms with Crippen LogP contribution >= 0.6 is 0 Å². The topological polar surface area (TPSA) is 97.0 Å². The van der Waals surface area contributed by atoms with Gasteiger partial charge >= 0.3 is 6.03 Å². The minimum absolute atomic E-state index is 0.0774. The summed E-state index contributed by atoms with van der Waals surface area (Å²) >= 11 is 0. The van der Waals surface area contributed by atoms with E-state index < -0.39 is 23.8 Å². The fourth-order valence-electron chi connectivity index (χ4n) is 3.03. The molecule has 29 heavy (non-hydrogen) atoms. The van der Waals surface area contributed by atoms with Gasteiger partial charge in [-0.05, 0) is 37.1 Å². The van der Waals surface area contributed by atoms with Crippen LogP contribution in [0.3, 0.4) is 0 Å². The predicted octanol–water partition coefficient (Wildman–Crippen LogP) is 2.63. The maximum atomic E-state index is 13.0. The summed E-state index contributed by atoms with van der Waals surface area (Å²) in [4.78, 5) is 39.1. The second-order valence-electron chi connectivity index (χ2n) is 6.77. The molecule has 1 atom stereocenters. The summed E-state index contributed by atoms with van der Waals surface area (Å²) in [6.07, 6.45) is 0. The Morgan fingerprint density at radius 2 is 1.69 bits per heavy atom. The number of aryl methyl sites for hydroxylation is 2. The van der Waals surface area contributed by atoms with Crippen molar-refractivity contribution in [2.45, 2.75) is 13.8 Å². The van der Waals surface area contributed by atoms with Crippen LogP contribution in [0, 0.1) is 19.8 Å². The fraction of sp³-hybridized carbons (Fsp3) is 0.286. The Morgan fingerprint density at radius 3 is 2.28 bits per heavy atom. The van der Waals surface area contributed by atoms with Crippen molar-refractivity contribution in [2.75, 3.05) is 31.0 Å². The van der Waals surface area contributed by atoms with Crippen molar-refractivity contribution in [1.29, 1.82) is 0 Å². The largest absolute Gasteiger partial charge is 0.497 e. The number of methoxy groups -OCH3 is 2. The Balaban J connectivity index is 1.83. The average molecular weight is 397 g/mol. The molecule has 1 unspecified atom stereocenters. The molecule has 2 N–H and O–H groups in total. The molecule has 1 heterocycles. The lowest BCUT2D eigenvalue weighted by atomic mass is 10.0. The normalized spacial score (nSPS) is 16.3. The average Bonchev–Trinajstić information content (AvgIpc) is 2.70. The number of ether oxygens (including phenoxy) is 2. The van der Waals surface area contributed by atoms with E-state index in [1.165, 1.54) is 14.2 Å². The van der Waals surface area contributed by atoms with E-state index in [4.69, 9.17) is 9.47 Å². The van der Waals surface area contributed by atoms with Crippen molar-refractivity contribution in [2.24, 2.45) is 5.92 Å². The van der Waals surface area contributed by atoms with Crippen LogP contribution in [0.25, 0.3) is 0 Å². The van der Waals surface area contributed by atoms with Crippen LogP contribution in [-0.4, -0.2) is 38.6 Å². The van der Waals surface area contributed by atoms with E-state index in [0.29, 0.717) is 22.9 Å². The molecule has 3 rings (SSSR count). The van der Waals surface area contributed by atoms with Crippen LogP contribution in [0.2, 0.25) is 0 Å². The quantitative estimate of drug-likeness (QED) is 0.756. The van der Waals surface area contributed by atoms with Gasteiger partial charge in [-0.2, -0.15) is 0 Å². The Morgan fingerprint density at radius 1 is 1.03 bits per heavy atom. The summed E-state index contributed by atoms with van der Waals surface area (Å²) in [6.45, 7) is 3.76. The van der Waals surface area contributed by atoms with E-state index in [2.05, 4.69) is 10.6 Å². The van der Waals surface area contributed by atoms with Gasteiger partial charge in [-0.1, -0.05) is 6.07 Å². The SMILES string of the molecule is COc1cc(NC(=O)C2CNC(=O)N(c3ccc(C)c(C)c3)C2=O)cc(OC)c1. The van der Waals surface area contributed by atoms with Gasteiger partial charge in [0.1, 0.15) is 17.4 Å². The Labute approximate surface area is 168 Å². The van der Waals surface area contributed by atoms with Gasteiger partial charge in [-0.15, -0.1) is 0 Å². The third-order valence-electron chi connectivity index (χ3n) is 4.86. The lowest BCUT2D eigenvalue weighted by molar-refractivity contribution is -0.130. The molecule has 0 bridgehead atoms. The van der Waals surface area contributed by atoms with Gasteiger partial charge in [0.25, 0.3) is 0 Å². The number of anilines is 2. The van der Waals surface area contributed by atoms with E-state index in [1.54, 1.807) is 30.3 Å². The first-order chi connectivity index (χ1) is 13.8. The number of hydrogen-bond donors (Lipinski definition) is 2. The zero-order chi connectivity index (χ0) is 21.1. The van der Waals surface area contributed by atoms with Crippen molar-refractivity contribution in [1.82, 2.24) is 5.32 Å². The lowest BCUT2D eigenvalue weighted by Gasteiger charge is -2.31. The Hall–Kier alpha value is -3.55. The van der Waals surface area contributed by atoms with Crippen LogP contribution in [0.15, 0.2) is 36.4 Å².